The van der Waals surface area contributed by atoms with Crippen molar-refractivity contribution in [3.63, 3.8) is 0 Å². The molecular formula is C20H21N3O2S. The Morgan fingerprint density at radius 1 is 1.12 bits per heavy atom. The number of aromatic nitrogens is 2. The van der Waals surface area contributed by atoms with E-state index in [9.17, 15) is 9.59 Å². The first-order valence-corrected chi connectivity index (χ1v) is 9.51. The van der Waals surface area contributed by atoms with Crippen molar-refractivity contribution in [1.82, 2.24) is 9.38 Å². The highest BCUT2D eigenvalue weighted by atomic mass is 32.2. The van der Waals surface area contributed by atoms with Gasteiger partial charge in [-0.3, -0.25) is 14.0 Å². The molecule has 2 heterocycles. The lowest BCUT2D eigenvalue weighted by atomic mass is 10.1. The molecule has 6 heteroatoms. The number of hydrogen-bond acceptors (Lipinski definition) is 4. The lowest BCUT2D eigenvalue weighted by Gasteiger charge is -2.09. The van der Waals surface area contributed by atoms with Gasteiger partial charge in [0.15, 0.2) is 0 Å². The number of rotatable bonds is 5. The topological polar surface area (TPSA) is 63.5 Å². The Balaban J connectivity index is 1.62. The number of hydrogen-bond donors (Lipinski definition) is 1. The van der Waals surface area contributed by atoms with Crippen molar-refractivity contribution in [2.24, 2.45) is 0 Å². The molecule has 0 fully saturated rings. The second kappa shape index (κ2) is 7.74. The molecule has 0 saturated heterocycles. The van der Waals surface area contributed by atoms with Gasteiger partial charge in [-0.1, -0.05) is 18.2 Å². The number of carbonyl (C=O) groups excluding carboxylic acids is 1. The largest absolute Gasteiger partial charge is 0.325 e. The van der Waals surface area contributed by atoms with Crippen molar-refractivity contribution >= 4 is 29.0 Å². The van der Waals surface area contributed by atoms with E-state index in [4.69, 9.17) is 0 Å². The molecule has 0 aliphatic rings. The number of nitrogens with zero attached hydrogens (tertiary/aromatic N) is 2. The van der Waals surface area contributed by atoms with Gasteiger partial charge in [0.2, 0.25) is 5.91 Å². The molecule has 3 rings (SSSR count). The molecule has 0 saturated carbocycles. The van der Waals surface area contributed by atoms with Crippen LogP contribution in [0.4, 0.5) is 5.69 Å². The van der Waals surface area contributed by atoms with E-state index in [0.717, 1.165) is 22.4 Å². The average Bonchev–Trinajstić information content (AvgIpc) is 2.59. The number of carbonyl (C=O) groups is 1. The molecule has 1 N–H and O–H groups in total. The number of pyridine rings is 1. The fourth-order valence-corrected chi connectivity index (χ4v) is 3.35. The fourth-order valence-electron chi connectivity index (χ4n) is 2.64. The zero-order chi connectivity index (χ0) is 18.7. The van der Waals surface area contributed by atoms with Crippen LogP contribution in [0.2, 0.25) is 0 Å². The van der Waals surface area contributed by atoms with E-state index in [0.29, 0.717) is 22.8 Å². The van der Waals surface area contributed by atoms with Crippen molar-refractivity contribution in [3.8, 4) is 0 Å². The molecule has 134 valence electrons. The van der Waals surface area contributed by atoms with Crippen molar-refractivity contribution in [1.29, 1.82) is 0 Å². The van der Waals surface area contributed by atoms with E-state index in [-0.39, 0.29) is 11.5 Å². The summed E-state index contributed by atoms with van der Waals surface area (Å²) in [5, 5.41) is 2.94. The number of amides is 1. The smallest absolute Gasteiger partial charge is 0.258 e. The van der Waals surface area contributed by atoms with E-state index in [1.165, 1.54) is 22.2 Å². The summed E-state index contributed by atoms with van der Waals surface area (Å²) in [5.41, 5.74) is 5.19. The molecule has 0 atom stereocenters. The van der Waals surface area contributed by atoms with Crippen LogP contribution >= 0.6 is 11.8 Å². The highest BCUT2D eigenvalue weighted by molar-refractivity contribution is 7.99. The number of benzene rings is 1. The van der Waals surface area contributed by atoms with Crippen molar-refractivity contribution in [2.75, 3.05) is 11.1 Å². The Bertz CT molecular complexity index is 1030. The van der Waals surface area contributed by atoms with E-state index < -0.39 is 0 Å². The third-order valence-corrected chi connectivity index (χ3v) is 4.98. The molecule has 0 bridgehead atoms. The molecule has 1 amide bonds. The zero-order valence-corrected chi connectivity index (χ0v) is 15.9. The molecule has 26 heavy (non-hydrogen) atoms. The van der Waals surface area contributed by atoms with E-state index >= 15 is 0 Å². The molecule has 2 aromatic heterocycles. The maximum atomic E-state index is 12.2. The van der Waals surface area contributed by atoms with Crippen LogP contribution in [-0.2, 0) is 10.5 Å². The quantitative estimate of drug-likeness (QED) is 0.750. The van der Waals surface area contributed by atoms with Crippen LogP contribution < -0.4 is 10.9 Å². The summed E-state index contributed by atoms with van der Waals surface area (Å²) < 4.78 is 1.54. The van der Waals surface area contributed by atoms with E-state index in [1.54, 1.807) is 6.20 Å². The van der Waals surface area contributed by atoms with E-state index in [2.05, 4.69) is 10.3 Å². The predicted molar refractivity (Wildman–Crippen MR) is 107 cm³/mol. The number of anilines is 1. The van der Waals surface area contributed by atoms with Gasteiger partial charge < -0.3 is 5.32 Å². The molecule has 0 unspecified atom stereocenters. The number of aryl methyl sites for hydroxylation is 3. The van der Waals surface area contributed by atoms with Crippen LogP contribution in [0.15, 0.2) is 47.4 Å². The Morgan fingerprint density at radius 2 is 1.88 bits per heavy atom. The summed E-state index contributed by atoms with van der Waals surface area (Å²) in [4.78, 5) is 28.9. The first-order valence-electron chi connectivity index (χ1n) is 8.36. The molecule has 0 aliphatic heterocycles. The summed E-state index contributed by atoms with van der Waals surface area (Å²) in [7, 11) is 0. The predicted octanol–water partition coefficient (Wildman–Crippen LogP) is 3.49. The van der Waals surface area contributed by atoms with Gasteiger partial charge in [-0.25, -0.2) is 4.98 Å². The van der Waals surface area contributed by atoms with E-state index in [1.807, 2.05) is 51.1 Å². The summed E-state index contributed by atoms with van der Waals surface area (Å²) in [6.45, 7) is 5.90. The van der Waals surface area contributed by atoms with Crippen LogP contribution in [0.25, 0.3) is 5.65 Å². The molecule has 1 aromatic carbocycles. The summed E-state index contributed by atoms with van der Waals surface area (Å²) in [6.07, 6.45) is 1.78. The van der Waals surface area contributed by atoms with Gasteiger partial charge in [0.05, 0.1) is 11.4 Å². The maximum Gasteiger partial charge on any atom is 0.258 e. The van der Waals surface area contributed by atoms with Crippen LogP contribution in [0.1, 0.15) is 22.4 Å². The fraction of sp³-hybridized carbons (Fsp3) is 0.250. The average molecular weight is 367 g/mol. The second-order valence-electron chi connectivity index (χ2n) is 6.38. The first kappa shape index (κ1) is 18.2. The monoisotopic (exact) mass is 367 g/mol. The van der Waals surface area contributed by atoms with Crippen LogP contribution in [0.3, 0.4) is 0 Å². The third-order valence-electron chi connectivity index (χ3n) is 4.01. The van der Waals surface area contributed by atoms with Gasteiger partial charge in [-0.2, -0.15) is 0 Å². The Morgan fingerprint density at radius 3 is 2.69 bits per heavy atom. The van der Waals surface area contributed by atoms with Gasteiger partial charge in [-0.15, -0.1) is 11.8 Å². The highest BCUT2D eigenvalue weighted by Gasteiger charge is 2.07. The minimum absolute atomic E-state index is 0.0585. The Kier molecular flexibility index (Phi) is 5.42. The number of nitrogens with one attached hydrogen (secondary N) is 1. The van der Waals surface area contributed by atoms with Crippen molar-refractivity contribution in [2.45, 2.75) is 26.5 Å². The van der Waals surface area contributed by atoms with Gasteiger partial charge >= 0.3 is 0 Å². The SMILES string of the molecule is Cc1ccc(C)c(NC(=O)CSCc2cc(=O)n3cc(C)ccc3n2)c1. The minimum Gasteiger partial charge on any atom is -0.325 e. The lowest BCUT2D eigenvalue weighted by Crippen LogP contribution is -2.17. The first-order chi connectivity index (χ1) is 12.4. The van der Waals surface area contributed by atoms with Gasteiger partial charge in [0, 0.05) is 23.7 Å². The van der Waals surface area contributed by atoms with Crippen molar-refractivity contribution in [3.05, 3.63) is 75.3 Å². The summed E-state index contributed by atoms with van der Waals surface area (Å²) >= 11 is 1.44. The van der Waals surface area contributed by atoms with Gasteiger partial charge in [-0.05, 0) is 49.6 Å². The molecule has 0 radical (unpaired) electrons. The normalized spacial score (nSPS) is 10.9. The van der Waals surface area contributed by atoms with Gasteiger partial charge in [0.25, 0.3) is 5.56 Å². The molecule has 0 aliphatic carbocycles. The summed E-state index contributed by atoms with van der Waals surface area (Å²) in [6, 6.07) is 11.3. The summed E-state index contributed by atoms with van der Waals surface area (Å²) in [5.74, 6) is 0.763. The maximum absolute atomic E-state index is 12.2. The van der Waals surface area contributed by atoms with Gasteiger partial charge in [0.1, 0.15) is 5.65 Å². The standard InChI is InChI=1S/C20H21N3O2S/c1-13-4-6-15(3)17(8-13)22-19(24)12-26-11-16-9-20(25)23-10-14(2)5-7-18(23)21-16/h4-10H,11-12H2,1-3H3,(H,22,24). The van der Waals surface area contributed by atoms with Crippen LogP contribution in [-0.4, -0.2) is 21.0 Å². The van der Waals surface area contributed by atoms with Crippen molar-refractivity contribution < 1.29 is 4.79 Å². The molecular weight excluding hydrogens is 346 g/mol. The Labute approximate surface area is 156 Å². The third kappa shape index (κ3) is 4.32. The zero-order valence-electron chi connectivity index (χ0n) is 15.1. The minimum atomic E-state index is -0.103. The number of thioether (sulfide) groups is 1. The van der Waals surface area contributed by atoms with Crippen LogP contribution in [0.5, 0.6) is 0 Å². The molecule has 3 aromatic rings. The van der Waals surface area contributed by atoms with Crippen LogP contribution in [0, 0.1) is 20.8 Å². The lowest BCUT2D eigenvalue weighted by molar-refractivity contribution is -0.113. The Hall–Kier alpha value is -2.60. The molecule has 5 nitrogen and oxygen atoms in total. The number of fused-ring (bicyclic) bond motifs is 1. The second-order valence-corrected chi connectivity index (χ2v) is 7.37. The molecule has 0 spiro atoms. The highest BCUT2D eigenvalue weighted by Crippen LogP contribution is 2.17.